The van der Waals surface area contributed by atoms with Crippen molar-refractivity contribution in [3.8, 4) is 0 Å². The highest BCUT2D eigenvalue weighted by Gasteiger charge is 2.21. The van der Waals surface area contributed by atoms with Crippen molar-refractivity contribution in [2.45, 2.75) is 19.9 Å². The molecular weight excluding hydrogens is 245 g/mol. The standard InChI is InChI=1S/C14H20FN3O/c1-10(16)13-9-12(15)3-4-14(13)18-7-5-17(6-8-18)11(2)19/h3-4,9-10H,5-8,16H2,1-2H3/t10-/m1/s1. The Labute approximate surface area is 113 Å². The number of amides is 1. The third-order valence-electron chi connectivity index (χ3n) is 3.55. The molecule has 1 atom stereocenters. The van der Waals surface area contributed by atoms with Gasteiger partial charge in [-0.2, -0.15) is 0 Å². The molecule has 1 amide bonds. The second-order valence-electron chi connectivity index (χ2n) is 4.98. The molecule has 1 fully saturated rings. The van der Waals surface area contributed by atoms with Crippen LogP contribution in [-0.4, -0.2) is 37.0 Å². The number of anilines is 1. The van der Waals surface area contributed by atoms with Crippen LogP contribution in [0.2, 0.25) is 0 Å². The fourth-order valence-corrected chi connectivity index (χ4v) is 2.44. The quantitative estimate of drug-likeness (QED) is 0.882. The number of carbonyl (C=O) groups is 1. The van der Waals surface area contributed by atoms with Gasteiger partial charge in [-0.25, -0.2) is 4.39 Å². The molecule has 1 saturated heterocycles. The van der Waals surface area contributed by atoms with Gasteiger partial charge in [0.25, 0.3) is 0 Å². The van der Waals surface area contributed by atoms with Crippen LogP contribution in [0.25, 0.3) is 0 Å². The zero-order valence-electron chi connectivity index (χ0n) is 11.4. The monoisotopic (exact) mass is 265 g/mol. The average molecular weight is 265 g/mol. The van der Waals surface area contributed by atoms with Crippen molar-refractivity contribution in [1.29, 1.82) is 0 Å². The van der Waals surface area contributed by atoms with Crippen LogP contribution >= 0.6 is 0 Å². The predicted octanol–water partition coefficient (Wildman–Crippen LogP) is 1.51. The van der Waals surface area contributed by atoms with E-state index in [1.54, 1.807) is 13.0 Å². The predicted molar refractivity (Wildman–Crippen MR) is 73.5 cm³/mol. The number of hydrogen-bond acceptors (Lipinski definition) is 3. The van der Waals surface area contributed by atoms with Crippen molar-refractivity contribution in [2.75, 3.05) is 31.1 Å². The van der Waals surface area contributed by atoms with E-state index < -0.39 is 0 Å². The Morgan fingerprint density at radius 1 is 1.32 bits per heavy atom. The highest BCUT2D eigenvalue weighted by molar-refractivity contribution is 5.73. The molecule has 104 valence electrons. The largest absolute Gasteiger partial charge is 0.368 e. The van der Waals surface area contributed by atoms with Crippen LogP contribution in [0.5, 0.6) is 0 Å². The molecule has 0 bridgehead atoms. The summed E-state index contributed by atoms with van der Waals surface area (Å²) in [6.45, 7) is 6.34. The summed E-state index contributed by atoms with van der Waals surface area (Å²) >= 11 is 0. The first-order valence-corrected chi connectivity index (χ1v) is 6.54. The van der Waals surface area contributed by atoms with E-state index in [1.807, 2.05) is 11.8 Å². The Balaban J connectivity index is 2.17. The Morgan fingerprint density at radius 3 is 2.47 bits per heavy atom. The third kappa shape index (κ3) is 3.04. The van der Waals surface area contributed by atoms with Gasteiger partial charge in [0.05, 0.1) is 0 Å². The summed E-state index contributed by atoms with van der Waals surface area (Å²) in [7, 11) is 0. The lowest BCUT2D eigenvalue weighted by molar-refractivity contribution is -0.129. The Bertz CT molecular complexity index is 468. The summed E-state index contributed by atoms with van der Waals surface area (Å²) in [6.07, 6.45) is 0. The number of piperazine rings is 1. The van der Waals surface area contributed by atoms with Crippen LogP contribution in [0.1, 0.15) is 25.5 Å². The van der Waals surface area contributed by atoms with E-state index in [9.17, 15) is 9.18 Å². The summed E-state index contributed by atoms with van der Waals surface area (Å²) in [5, 5.41) is 0. The van der Waals surface area contributed by atoms with Gasteiger partial charge in [-0.3, -0.25) is 4.79 Å². The first-order chi connectivity index (χ1) is 8.99. The van der Waals surface area contributed by atoms with Crippen LogP contribution in [0.3, 0.4) is 0 Å². The molecule has 2 rings (SSSR count). The lowest BCUT2D eigenvalue weighted by Gasteiger charge is -2.37. The molecule has 19 heavy (non-hydrogen) atoms. The minimum absolute atomic E-state index is 0.103. The number of benzene rings is 1. The van der Waals surface area contributed by atoms with E-state index >= 15 is 0 Å². The van der Waals surface area contributed by atoms with Crippen LogP contribution in [0.15, 0.2) is 18.2 Å². The fourth-order valence-electron chi connectivity index (χ4n) is 2.44. The molecule has 0 radical (unpaired) electrons. The van der Waals surface area contributed by atoms with Crippen molar-refractivity contribution in [2.24, 2.45) is 5.73 Å². The molecule has 0 unspecified atom stereocenters. The van der Waals surface area contributed by atoms with Crippen molar-refractivity contribution in [1.82, 2.24) is 4.90 Å². The number of carbonyl (C=O) groups excluding carboxylic acids is 1. The summed E-state index contributed by atoms with van der Waals surface area (Å²) < 4.78 is 13.3. The van der Waals surface area contributed by atoms with Crippen molar-refractivity contribution in [3.05, 3.63) is 29.6 Å². The highest BCUT2D eigenvalue weighted by atomic mass is 19.1. The normalized spacial score (nSPS) is 17.5. The van der Waals surface area contributed by atoms with Gasteiger partial charge in [-0.15, -0.1) is 0 Å². The topological polar surface area (TPSA) is 49.6 Å². The Hall–Kier alpha value is -1.62. The number of halogens is 1. The molecule has 1 aromatic carbocycles. The van der Waals surface area contributed by atoms with Gasteiger partial charge in [0.1, 0.15) is 5.82 Å². The lowest BCUT2D eigenvalue weighted by atomic mass is 10.0. The first kappa shape index (κ1) is 13.8. The highest BCUT2D eigenvalue weighted by Crippen LogP contribution is 2.27. The summed E-state index contributed by atoms with van der Waals surface area (Å²) in [5.74, 6) is -0.162. The molecule has 0 saturated carbocycles. The first-order valence-electron chi connectivity index (χ1n) is 6.54. The smallest absolute Gasteiger partial charge is 0.219 e. The van der Waals surface area contributed by atoms with Crippen LogP contribution < -0.4 is 10.6 Å². The Morgan fingerprint density at radius 2 is 1.95 bits per heavy atom. The molecule has 1 aliphatic heterocycles. The zero-order valence-corrected chi connectivity index (χ0v) is 11.4. The second-order valence-corrected chi connectivity index (χ2v) is 4.98. The summed E-state index contributed by atoms with van der Waals surface area (Å²) in [5.41, 5.74) is 7.70. The maximum absolute atomic E-state index is 13.3. The van der Waals surface area contributed by atoms with Gasteiger partial charge in [0, 0.05) is 44.8 Å². The maximum Gasteiger partial charge on any atom is 0.219 e. The molecule has 1 aliphatic rings. The Kier molecular flexibility index (Phi) is 4.04. The van der Waals surface area contributed by atoms with Gasteiger partial charge >= 0.3 is 0 Å². The van der Waals surface area contributed by atoms with Crippen molar-refractivity contribution >= 4 is 11.6 Å². The van der Waals surface area contributed by atoms with E-state index in [0.717, 1.165) is 24.3 Å². The number of hydrogen-bond donors (Lipinski definition) is 1. The van der Waals surface area contributed by atoms with Crippen LogP contribution in [0, 0.1) is 5.82 Å². The number of rotatable bonds is 2. The van der Waals surface area contributed by atoms with Gasteiger partial charge < -0.3 is 15.5 Å². The van der Waals surface area contributed by atoms with Gasteiger partial charge in [0.2, 0.25) is 5.91 Å². The molecule has 1 heterocycles. The van der Waals surface area contributed by atoms with Crippen molar-refractivity contribution in [3.63, 3.8) is 0 Å². The molecule has 0 aliphatic carbocycles. The molecule has 0 spiro atoms. The number of nitrogens with zero attached hydrogens (tertiary/aromatic N) is 2. The summed E-state index contributed by atoms with van der Waals surface area (Å²) in [4.78, 5) is 15.3. The third-order valence-corrected chi connectivity index (χ3v) is 3.55. The molecule has 1 aromatic rings. The minimum atomic E-state index is -0.265. The average Bonchev–Trinajstić information content (AvgIpc) is 2.38. The van der Waals surface area contributed by atoms with E-state index in [0.29, 0.717) is 13.1 Å². The van der Waals surface area contributed by atoms with Crippen LogP contribution in [-0.2, 0) is 4.79 Å². The SMILES string of the molecule is CC(=O)N1CCN(c2ccc(F)cc2[C@@H](C)N)CC1. The minimum Gasteiger partial charge on any atom is -0.368 e. The number of nitrogens with two attached hydrogens (primary N) is 1. The van der Waals surface area contributed by atoms with E-state index in [1.165, 1.54) is 12.1 Å². The molecule has 4 nitrogen and oxygen atoms in total. The van der Waals surface area contributed by atoms with Crippen LogP contribution in [0.4, 0.5) is 10.1 Å². The molecule has 2 N–H and O–H groups in total. The summed E-state index contributed by atoms with van der Waals surface area (Å²) in [6, 6.07) is 4.52. The fraction of sp³-hybridized carbons (Fsp3) is 0.500. The zero-order chi connectivity index (χ0) is 14.0. The van der Waals surface area contributed by atoms with Gasteiger partial charge in [-0.05, 0) is 30.7 Å². The van der Waals surface area contributed by atoms with Gasteiger partial charge in [0.15, 0.2) is 0 Å². The van der Waals surface area contributed by atoms with E-state index in [2.05, 4.69) is 4.90 Å². The molecular formula is C14H20FN3O. The second kappa shape index (κ2) is 5.57. The maximum atomic E-state index is 13.3. The molecule has 0 aromatic heterocycles. The van der Waals surface area contributed by atoms with Crippen molar-refractivity contribution < 1.29 is 9.18 Å². The van der Waals surface area contributed by atoms with E-state index in [4.69, 9.17) is 5.73 Å². The van der Waals surface area contributed by atoms with Gasteiger partial charge in [-0.1, -0.05) is 0 Å². The van der Waals surface area contributed by atoms with E-state index in [-0.39, 0.29) is 17.8 Å². The molecule has 5 heteroatoms. The lowest BCUT2D eigenvalue weighted by Crippen LogP contribution is -2.48.